The van der Waals surface area contributed by atoms with Gasteiger partial charge < -0.3 is 15.8 Å². The topological polar surface area (TPSA) is 114 Å². The summed E-state index contributed by atoms with van der Waals surface area (Å²) in [6.07, 6.45) is -3.28. The van der Waals surface area contributed by atoms with E-state index in [2.05, 4.69) is 15.3 Å². The second-order valence-corrected chi connectivity index (χ2v) is 11.4. The van der Waals surface area contributed by atoms with Crippen molar-refractivity contribution in [2.45, 2.75) is 44.8 Å². The number of nitrogens with two attached hydrogens (primary N) is 1. The van der Waals surface area contributed by atoms with Crippen LogP contribution in [-0.4, -0.2) is 32.8 Å². The number of rotatable bonds is 5. The van der Waals surface area contributed by atoms with Crippen LogP contribution in [0.4, 0.5) is 24.7 Å². The van der Waals surface area contributed by atoms with Gasteiger partial charge in [-0.2, -0.15) is 13.2 Å². The van der Waals surface area contributed by atoms with Gasteiger partial charge >= 0.3 is 6.18 Å². The van der Waals surface area contributed by atoms with Crippen LogP contribution in [0.25, 0.3) is 10.9 Å². The molecule has 1 aliphatic rings. The first-order chi connectivity index (χ1) is 16.4. The number of aryl methyl sites for hydroxylation is 1. The Hall–Kier alpha value is -3.08. The van der Waals surface area contributed by atoms with Gasteiger partial charge in [0, 0.05) is 38.4 Å². The monoisotopic (exact) mass is 507 g/mol. The van der Waals surface area contributed by atoms with Crippen molar-refractivity contribution in [3.63, 3.8) is 0 Å². The second kappa shape index (κ2) is 9.18. The zero-order chi connectivity index (χ0) is 25.5. The predicted octanol–water partition coefficient (Wildman–Crippen LogP) is 5.65. The molecule has 7 nitrogen and oxygen atoms in total. The summed E-state index contributed by atoms with van der Waals surface area (Å²) in [5.41, 5.74) is 6.91. The number of anilines is 2. The van der Waals surface area contributed by atoms with Crippen molar-refractivity contribution < 1.29 is 22.1 Å². The van der Waals surface area contributed by atoms with Crippen LogP contribution in [-0.2, 0) is 15.9 Å². The van der Waals surface area contributed by atoms with Crippen molar-refractivity contribution in [2.75, 3.05) is 29.7 Å². The Bertz CT molecular complexity index is 1360. The van der Waals surface area contributed by atoms with E-state index in [0.29, 0.717) is 58.2 Å². The maximum absolute atomic E-state index is 13.3. The molecule has 11 heteroatoms. The zero-order valence-corrected chi connectivity index (χ0v) is 20.5. The summed E-state index contributed by atoms with van der Waals surface area (Å²) in [4.78, 5) is 9.05. The van der Waals surface area contributed by atoms with E-state index in [1.165, 1.54) is 6.07 Å². The Morgan fingerprint density at radius 1 is 1.17 bits per heavy atom. The molecule has 4 N–H and O–H groups in total. The van der Waals surface area contributed by atoms with Crippen LogP contribution in [0.2, 0.25) is 0 Å². The lowest BCUT2D eigenvalue weighted by Gasteiger charge is -2.26. The molecular formula is C24H28F3N5O2S. The third-order valence-corrected chi connectivity index (χ3v) is 8.14. The first-order valence-corrected chi connectivity index (χ1v) is 13.1. The minimum atomic E-state index is -4.50. The molecule has 0 amide bonds. The molecule has 0 spiro atoms. The van der Waals surface area contributed by atoms with Crippen LogP contribution in [0, 0.1) is 11.7 Å². The molecule has 1 aliphatic heterocycles. The maximum atomic E-state index is 13.3. The van der Waals surface area contributed by atoms with Gasteiger partial charge in [0.05, 0.1) is 24.2 Å². The largest absolute Gasteiger partial charge is 0.496 e. The number of benzene rings is 2. The first kappa shape index (κ1) is 25.0. The Labute approximate surface area is 202 Å². The summed E-state index contributed by atoms with van der Waals surface area (Å²) in [6, 6.07) is 6.75. The van der Waals surface area contributed by atoms with E-state index in [0.717, 1.165) is 17.7 Å². The maximum Gasteiger partial charge on any atom is 0.416 e. The van der Waals surface area contributed by atoms with E-state index in [1.54, 1.807) is 21.0 Å². The number of nitrogen functional groups attached to an aromatic ring is 1. The van der Waals surface area contributed by atoms with Gasteiger partial charge in [-0.1, -0.05) is 0 Å². The fourth-order valence-corrected chi connectivity index (χ4v) is 6.03. The van der Waals surface area contributed by atoms with Crippen molar-refractivity contribution in [1.29, 1.82) is 4.78 Å². The normalized spacial score (nSPS) is 21.6. The molecular weight excluding hydrogens is 479 g/mol. The number of hydrogen-bond acceptors (Lipinski definition) is 7. The first-order valence-electron chi connectivity index (χ1n) is 11.2. The zero-order valence-electron chi connectivity index (χ0n) is 19.7. The minimum absolute atomic E-state index is 0.0301. The van der Waals surface area contributed by atoms with E-state index in [4.69, 9.17) is 15.3 Å². The SMILES string of the molecule is COc1cc2nc(C)nc(N[C@H](C)c3cc(N)cc(C(F)(F)F)c3)c2cc1C1CCS(=N)(=O)CC1. The van der Waals surface area contributed by atoms with E-state index in [1.807, 2.05) is 12.1 Å². The Morgan fingerprint density at radius 3 is 2.49 bits per heavy atom. The highest BCUT2D eigenvalue weighted by molar-refractivity contribution is 7.92. The lowest BCUT2D eigenvalue weighted by Crippen LogP contribution is -2.21. The van der Waals surface area contributed by atoms with Crippen molar-refractivity contribution >= 4 is 32.1 Å². The molecule has 1 saturated heterocycles. The number of nitrogens with one attached hydrogen (secondary N) is 2. The van der Waals surface area contributed by atoms with E-state index >= 15 is 0 Å². The Balaban J connectivity index is 1.74. The van der Waals surface area contributed by atoms with Crippen LogP contribution >= 0.6 is 0 Å². The van der Waals surface area contributed by atoms with Gasteiger partial charge in [-0.3, -0.25) is 4.78 Å². The van der Waals surface area contributed by atoms with Crippen molar-refractivity contribution in [3.05, 3.63) is 52.8 Å². The Kier molecular flexibility index (Phi) is 6.56. The fourth-order valence-electron chi connectivity index (χ4n) is 4.50. The lowest BCUT2D eigenvalue weighted by molar-refractivity contribution is -0.137. The number of fused-ring (bicyclic) bond motifs is 1. The second-order valence-electron chi connectivity index (χ2n) is 8.98. The molecule has 188 valence electrons. The summed E-state index contributed by atoms with van der Waals surface area (Å²) in [6.45, 7) is 3.48. The molecule has 3 aromatic rings. The van der Waals surface area contributed by atoms with E-state index < -0.39 is 27.5 Å². The number of alkyl halides is 3. The molecule has 1 fully saturated rings. The predicted molar refractivity (Wildman–Crippen MR) is 131 cm³/mol. The average molecular weight is 508 g/mol. The molecule has 0 bridgehead atoms. The molecule has 2 heterocycles. The summed E-state index contributed by atoms with van der Waals surface area (Å²) < 4.78 is 65.5. The van der Waals surface area contributed by atoms with Crippen LogP contribution < -0.4 is 15.8 Å². The highest BCUT2D eigenvalue weighted by atomic mass is 32.2. The van der Waals surface area contributed by atoms with Gasteiger partial charge in [-0.05, 0) is 68.0 Å². The molecule has 0 aliphatic carbocycles. The van der Waals surface area contributed by atoms with Crippen LogP contribution in [0.3, 0.4) is 0 Å². The van der Waals surface area contributed by atoms with Crippen LogP contribution in [0.15, 0.2) is 30.3 Å². The van der Waals surface area contributed by atoms with Gasteiger partial charge in [0.15, 0.2) is 0 Å². The highest BCUT2D eigenvalue weighted by Crippen LogP contribution is 2.39. The summed E-state index contributed by atoms with van der Waals surface area (Å²) >= 11 is 0. The molecule has 0 saturated carbocycles. The van der Waals surface area contributed by atoms with Gasteiger partial charge in [0.25, 0.3) is 0 Å². The lowest BCUT2D eigenvalue weighted by atomic mass is 9.91. The van der Waals surface area contributed by atoms with E-state index in [9.17, 15) is 17.4 Å². The average Bonchev–Trinajstić information content (AvgIpc) is 2.77. The van der Waals surface area contributed by atoms with Gasteiger partial charge in [-0.25, -0.2) is 14.2 Å². The number of halogens is 3. The standard InChI is InChI=1S/C24H28F3N5O2S/c1-13(16-8-17(24(25,26)27)10-18(28)9-16)30-23-20-11-19(15-4-6-35(29,33)7-5-15)22(34-3)12-21(20)31-14(2)32-23/h8-13,15,29H,4-7,28H2,1-3H3,(H,30,31,32)/t13-,15?,35?/m1/s1. The van der Waals surface area contributed by atoms with Crippen LogP contribution in [0.1, 0.15) is 54.2 Å². The number of hydrogen-bond donors (Lipinski definition) is 3. The molecule has 0 radical (unpaired) electrons. The molecule has 0 unspecified atom stereocenters. The Morgan fingerprint density at radius 2 is 1.86 bits per heavy atom. The van der Waals surface area contributed by atoms with Crippen molar-refractivity contribution in [2.24, 2.45) is 0 Å². The van der Waals surface area contributed by atoms with Crippen molar-refractivity contribution in [3.8, 4) is 5.75 Å². The summed E-state index contributed by atoms with van der Waals surface area (Å²) in [5.74, 6) is 2.38. The van der Waals surface area contributed by atoms with Crippen LogP contribution in [0.5, 0.6) is 5.75 Å². The fraction of sp³-hybridized carbons (Fsp3) is 0.417. The van der Waals surface area contributed by atoms with E-state index in [-0.39, 0.29) is 11.6 Å². The molecule has 1 atom stereocenters. The van der Waals surface area contributed by atoms with Gasteiger partial charge in [0.1, 0.15) is 17.4 Å². The third-order valence-electron chi connectivity index (χ3n) is 6.35. The van der Waals surface area contributed by atoms with Crippen molar-refractivity contribution in [1.82, 2.24) is 9.97 Å². The number of nitrogens with zero attached hydrogens (tertiary/aromatic N) is 2. The molecule has 4 rings (SSSR count). The van der Waals surface area contributed by atoms with Gasteiger partial charge in [-0.15, -0.1) is 0 Å². The molecule has 2 aromatic carbocycles. The minimum Gasteiger partial charge on any atom is -0.496 e. The third kappa shape index (κ3) is 5.44. The highest BCUT2D eigenvalue weighted by Gasteiger charge is 2.31. The van der Waals surface area contributed by atoms with Gasteiger partial charge in [0.2, 0.25) is 0 Å². The molecule has 35 heavy (non-hydrogen) atoms. The summed E-state index contributed by atoms with van der Waals surface area (Å²) in [5, 5.41) is 3.94. The summed E-state index contributed by atoms with van der Waals surface area (Å²) in [7, 11) is -0.954. The number of ether oxygens (including phenoxy) is 1. The molecule has 1 aromatic heterocycles. The number of methoxy groups -OCH3 is 1. The quantitative estimate of drug-likeness (QED) is 0.385. The number of aromatic nitrogens is 2. The smallest absolute Gasteiger partial charge is 0.416 e.